The van der Waals surface area contributed by atoms with Crippen LogP contribution >= 0.6 is 0 Å². The van der Waals surface area contributed by atoms with Crippen molar-refractivity contribution < 1.29 is 29.0 Å². The van der Waals surface area contributed by atoms with E-state index in [0.717, 1.165) is 5.56 Å². The molecule has 0 aliphatic carbocycles. The molecule has 156 valence electrons. The van der Waals surface area contributed by atoms with Crippen molar-refractivity contribution >= 4 is 12.1 Å². The van der Waals surface area contributed by atoms with Crippen molar-refractivity contribution in [1.82, 2.24) is 5.32 Å². The Balaban J connectivity index is 2.53. The zero-order valence-corrected chi connectivity index (χ0v) is 16.5. The summed E-state index contributed by atoms with van der Waals surface area (Å²) in [6.45, 7) is 5.22. The number of amides is 1. The molecule has 0 spiro atoms. The van der Waals surface area contributed by atoms with E-state index in [1.54, 1.807) is 20.8 Å². The van der Waals surface area contributed by atoms with Gasteiger partial charge in [0.25, 0.3) is 5.09 Å². The lowest BCUT2D eigenvalue weighted by molar-refractivity contribution is -0.757. The van der Waals surface area contributed by atoms with Crippen molar-refractivity contribution in [3.8, 4) is 0 Å². The largest absolute Gasteiger partial charge is 0.464 e. The van der Waals surface area contributed by atoms with E-state index in [-0.39, 0.29) is 13.2 Å². The van der Waals surface area contributed by atoms with Crippen molar-refractivity contribution in [3.63, 3.8) is 0 Å². The first-order valence-corrected chi connectivity index (χ1v) is 9.15. The summed E-state index contributed by atoms with van der Waals surface area (Å²) in [5.41, 5.74) is 0.345. The Hall–Kier alpha value is -2.84. The predicted octanol–water partition coefficient (Wildman–Crippen LogP) is 3.04. The molecule has 0 fully saturated rings. The molecular formula is C19H28N2O7. The van der Waals surface area contributed by atoms with Gasteiger partial charge in [-0.15, -0.1) is 10.1 Å². The van der Waals surface area contributed by atoms with Crippen LogP contribution in [0.15, 0.2) is 30.3 Å². The standard InChI is InChI=1S/C19H28N2O7/c1-19(2,3)28-18(23)20-16(12-11-15-9-5-4-6-10-15)17(22)26-13-7-8-14-27-21(24)25/h4-6,9-10,16H,7-8,11-14H2,1-3H3,(H,20,23)/t16-/m0/s1. The molecule has 0 aliphatic heterocycles. The monoisotopic (exact) mass is 396 g/mol. The lowest BCUT2D eigenvalue weighted by Crippen LogP contribution is -2.44. The Kier molecular flexibility index (Phi) is 9.76. The molecule has 1 N–H and O–H groups in total. The molecule has 0 aromatic heterocycles. The van der Waals surface area contributed by atoms with Crippen molar-refractivity contribution in [1.29, 1.82) is 0 Å². The number of hydrogen-bond donors (Lipinski definition) is 1. The molecule has 0 saturated carbocycles. The van der Waals surface area contributed by atoms with Crippen LogP contribution in [0, 0.1) is 10.1 Å². The number of nitrogens with zero attached hydrogens (tertiary/aromatic N) is 1. The number of rotatable bonds is 11. The molecule has 1 aromatic carbocycles. The highest BCUT2D eigenvalue weighted by atomic mass is 16.9. The number of esters is 1. The maximum atomic E-state index is 12.4. The summed E-state index contributed by atoms with van der Waals surface area (Å²) in [6.07, 6.45) is 1.03. The van der Waals surface area contributed by atoms with Gasteiger partial charge in [-0.1, -0.05) is 30.3 Å². The van der Waals surface area contributed by atoms with E-state index in [4.69, 9.17) is 9.47 Å². The van der Waals surface area contributed by atoms with Gasteiger partial charge in [0.2, 0.25) is 0 Å². The summed E-state index contributed by atoms with van der Waals surface area (Å²) in [4.78, 5) is 38.7. The Bertz CT molecular complexity index is 629. The van der Waals surface area contributed by atoms with Gasteiger partial charge in [-0.3, -0.25) is 0 Å². The maximum Gasteiger partial charge on any atom is 0.408 e. The van der Waals surface area contributed by atoms with Gasteiger partial charge in [0.15, 0.2) is 0 Å². The van der Waals surface area contributed by atoms with Gasteiger partial charge in [-0.2, -0.15) is 0 Å². The second-order valence-corrected chi connectivity index (χ2v) is 7.15. The van der Waals surface area contributed by atoms with Crippen LogP contribution in [0.4, 0.5) is 4.79 Å². The summed E-state index contributed by atoms with van der Waals surface area (Å²) < 4.78 is 10.4. The Morgan fingerprint density at radius 3 is 2.39 bits per heavy atom. The normalized spacial score (nSPS) is 12.0. The fourth-order valence-electron chi connectivity index (χ4n) is 2.27. The highest BCUT2D eigenvalue weighted by molar-refractivity contribution is 5.81. The molecule has 0 heterocycles. The molecule has 9 heteroatoms. The Morgan fingerprint density at radius 1 is 1.14 bits per heavy atom. The van der Waals surface area contributed by atoms with Crippen LogP contribution in [0.5, 0.6) is 0 Å². The lowest BCUT2D eigenvalue weighted by Gasteiger charge is -2.23. The SMILES string of the molecule is CC(C)(C)OC(=O)N[C@@H](CCc1ccccc1)C(=O)OCCCCO[N+](=O)[O-]. The van der Waals surface area contributed by atoms with Crippen LogP contribution in [0.2, 0.25) is 0 Å². The zero-order valence-electron chi connectivity index (χ0n) is 16.5. The van der Waals surface area contributed by atoms with Crippen molar-refractivity contribution in [3.05, 3.63) is 46.0 Å². The van der Waals surface area contributed by atoms with Crippen LogP contribution in [-0.4, -0.2) is 42.0 Å². The number of hydrogen-bond acceptors (Lipinski definition) is 7. The van der Waals surface area contributed by atoms with E-state index in [0.29, 0.717) is 25.7 Å². The number of nitrogens with one attached hydrogen (secondary N) is 1. The topological polar surface area (TPSA) is 117 Å². The number of alkyl carbamates (subject to hydrolysis) is 1. The fourth-order valence-corrected chi connectivity index (χ4v) is 2.27. The summed E-state index contributed by atoms with van der Waals surface area (Å²) in [5, 5.41) is 11.8. The smallest absolute Gasteiger partial charge is 0.408 e. The van der Waals surface area contributed by atoms with Crippen LogP contribution in [-0.2, 0) is 25.5 Å². The fraction of sp³-hybridized carbons (Fsp3) is 0.579. The minimum Gasteiger partial charge on any atom is -0.464 e. The first-order chi connectivity index (χ1) is 13.2. The minimum absolute atomic E-state index is 0.0574. The summed E-state index contributed by atoms with van der Waals surface area (Å²) in [6, 6.07) is 8.71. The number of benzene rings is 1. The molecule has 1 aromatic rings. The zero-order chi connectivity index (χ0) is 21.0. The Labute approximate surface area is 164 Å². The molecule has 0 aliphatic rings. The molecule has 0 bridgehead atoms. The molecular weight excluding hydrogens is 368 g/mol. The second kappa shape index (κ2) is 11.8. The molecule has 0 unspecified atom stereocenters. The van der Waals surface area contributed by atoms with Gasteiger partial charge in [-0.05, 0) is 52.0 Å². The Morgan fingerprint density at radius 2 is 1.79 bits per heavy atom. The third-order valence-corrected chi connectivity index (χ3v) is 3.52. The van der Waals surface area contributed by atoms with Gasteiger partial charge < -0.3 is 19.6 Å². The van der Waals surface area contributed by atoms with Crippen LogP contribution < -0.4 is 5.32 Å². The molecule has 1 rings (SSSR count). The predicted molar refractivity (Wildman–Crippen MR) is 101 cm³/mol. The molecule has 0 saturated heterocycles. The van der Waals surface area contributed by atoms with E-state index < -0.39 is 28.8 Å². The third-order valence-electron chi connectivity index (χ3n) is 3.52. The molecule has 0 radical (unpaired) electrons. The first kappa shape index (κ1) is 23.2. The highest BCUT2D eigenvalue weighted by Crippen LogP contribution is 2.10. The van der Waals surface area contributed by atoms with E-state index in [1.807, 2.05) is 30.3 Å². The first-order valence-electron chi connectivity index (χ1n) is 9.15. The lowest BCUT2D eigenvalue weighted by atomic mass is 10.1. The van der Waals surface area contributed by atoms with E-state index >= 15 is 0 Å². The summed E-state index contributed by atoms with van der Waals surface area (Å²) >= 11 is 0. The average molecular weight is 396 g/mol. The van der Waals surface area contributed by atoms with Gasteiger partial charge in [0, 0.05) is 0 Å². The average Bonchev–Trinajstić information content (AvgIpc) is 2.60. The van der Waals surface area contributed by atoms with Crippen molar-refractivity contribution in [2.45, 2.75) is 58.1 Å². The van der Waals surface area contributed by atoms with Gasteiger partial charge in [0.05, 0.1) is 13.2 Å². The van der Waals surface area contributed by atoms with E-state index in [9.17, 15) is 19.7 Å². The molecule has 1 atom stereocenters. The third kappa shape index (κ3) is 11.0. The number of carbonyl (C=O) groups is 2. The van der Waals surface area contributed by atoms with Crippen LogP contribution in [0.1, 0.15) is 45.6 Å². The summed E-state index contributed by atoms with van der Waals surface area (Å²) in [5.74, 6) is -0.572. The quantitative estimate of drug-likeness (QED) is 0.264. The van der Waals surface area contributed by atoms with Crippen molar-refractivity contribution in [2.24, 2.45) is 0 Å². The minimum atomic E-state index is -0.865. The van der Waals surface area contributed by atoms with Crippen LogP contribution in [0.3, 0.4) is 0 Å². The second-order valence-electron chi connectivity index (χ2n) is 7.15. The maximum absolute atomic E-state index is 12.4. The van der Waals surface area contributed by atoms with Crippen molar-refractivity contribution in [2.75, 3.05) is 13.2 Å². The van der Waals surface area contributed by atoms with Gasteiger partial charge in [-0.25, -0.2) is 9.59 Å². The van der Waals surface area contributed by atoms with Gasteiger partial charge in [0.1, 0.15) is 11.6 Å². The van der Waals surface area contributed by atoms with Crippen LogP contribution in [0.25, 0.3) is 0 Å². The number of aryl methyl sites for hydroxylation is 1. The number of unbranched alkanes of at least 4 members (excludes halogenated alkanes) is 1. The molecule has 1 amide bonds. The van der Waals surface area contributed by atoms with Gasteiger partial charge >= 0.3 is 12.1 Å². The van der Waals surface area contributed by atoms with E-state index in [2.05, 4.69) is 10.2 Å². The molecule has 28 heavy (non-hydrogen) atoms. The molecule has 9 nitrogen and oxygen atoms in total. The highest BCUT2D eigenvalue weighted by Gasteiger charge is 2.25. The number of carbonyl (C=O) groups excluding carboxylic acids is 2. The summed E-state index contributed by atoms with van der Waals surface area (Å²) in [7, 11) is 0. The number of ether oxygens (including phenoxy) is 2. The van der Waals surface area contributed by atoms with E-state index in [1.165, 1.54) is 0 Å².